The maximum atomic E-state index is 12.6. The SMILES string of the molecule is COC1/C=C\C=C(/C)Cc2cc(O)c(Cl)c(c2)NC(=O)CC(O)/C(C)=C/C(C)C(O)CC1=O. The van der Waals surface area contributed by atoms with Crippen LogP contribution in [0.3, 0.4) is 0 Å². The number of allylic oxidation sites excluding steroid dienone is 3. The van der Waals surface area contributed by atoms with Crippen molar-refractivity contribution in [1.29, 1.82) is 0 Å². The van der Waals surface area contributed by atoms with Crippen molar-refractivity contribution in [3.05, 3.63) is 58.2 Å². The van der Waals surface area contributed by atoms with Gasteiger partial charge in [-0.15, -0.1) is 0 Å². The minimum Gasteiger partial charge on any atom is -0.506 e. The monoisotopic (exact) mass is 477 g/mol. The number of carbonyl (C=O) groups is 2. The number of hydrogen-bond acceptors (Lipinski definition) is 6. The standard InChI is InChI=1S/C25H32ClNO6/c1-14-6-5-7-23(33-4)21(30)12-19(28)15(2)9-16(3)20(29)13-24(32)27-18-10-17(8-14)11-22(31)25(18)26/h5-7,9-11,15,19-20,23,28-29,31H,8,12-13H2,1-4H3,(H,27,32)/b7-5-,14-6+,16-9+. The highest BCUT2D eigenvalue weighted by atomic mass is 35.5. The molecule has 4 unspecified atom stereocenters. The molecule has 0 spiro atoms. The van der Waals surface area contributed by atoms with Crippen molar-refractivity contribution >= 4 is 29.0 Å². The zero-order chi connectivity index (χ0) is 24.7. The van der Waals surface area contributed by atoms with Crippen LogP contribution in [0.25, 0.3) is 0 Å². The number of anilines is 1. The van der Waals surface area contributed by atoms with Crippen LogP contribution in [0.2, 0.25) is 5.02 Å². The van der Waals surface area contributed by atoms with Crippen molar-refractivity contribution in [2.45, 2.75) is 58.3 Å². The van der Waals surface area contributed by atoms with Crippen LogP contribution in [-0.4, -0.2) is 52.4 Å². The summed E-state index contributed by atoms with van der Waals surface area (Å²) < 4.78 is 5.27. The molecule has 0 radical (unpaired) electrons. The smallest absolute Gasteiger partial charge is 0.227 e. The van der Waals surface area contributed by atoms with E-state index in [1.165, 1.54) is 13.2 Å². The van der Waals surface area contributed by atoms with Crippen LogP contribution in [0.4, 0.5) is 5.69 Å². The third kappa shape index (κ3) is 7.82. The van der Waals surface area contributed by atoms with Gasteiger partial charge in [0, 0.05) is 19.4 Å². The van der Waals surface area contributed by atoms with Gasteiger partial charge < -0.3 is 25.4 Å². The Balaban J connectivity index is 2.43. The van der Waals surface area contributed by atoms with E-state index in [1.54, 1.807) is 38.1 Å². The van der Waals surface area contributed by atoms with Gasteiger partial charge in [-0.1, -0.05) is 42.3 Å². The maximum Gasteiger partial charge on any atom is 0.227 e. The lowest BCUT2D eigenvalue weighted by molar-refractivity contribution is -0.128. The van der Waals surface area contributed by atoms with E-state index in [0.29, 0.717) is 12.0 Å². The predicted molar refractivity (Wildman–Crippen MR) is 128 cm³/mol. The lowest BCUT2D eigenvalue weighted by Gasteiger charge is -2.19. The Hall–Kier alpha value is -2.45. The van der Waals surface area contributed by atoms with Crippen molar-refractivity contribution in [2.24, 2.45) is 5.92 Å². The second-order valence-corrected chi connectivity index (χ2v) is 8.86. The first-order valence-electron chi connectivity index (χ1n) is 10.8. The van der Waals surface area contributed by atoms with Crippen molar-refractivity contribution in [3.63, 3.8) is 0 Å². The number of carbonyl (C=O) groups excluding carboxylic acids is 2. The molecule has 0 saturated heterocycles. The molecule has 8 heteroatoms. The first-order valence-corrected chi connectivity index (χ1v) is 11.1. The van der Waals surface area contributed by atoms with Crippen molar-refractivity contribution < 1.29 is 29.6 Å². The molecule has 0 aromatic heterocycles. The first kappa shape index (κ1) is 26.8. The number of benzene rings is 1. The number of hydrogen-bond donors (Lipinski definition) is 4. The highest BCUT2D eigenvalue weighted by Crippen LogP contribution is 2.34. The van der Waals surface area contributed by atoms with Gasteiger partial charge in [-0.3, -0.25) is 9.59 Å². The largest absolute Gasteiger partial charge is 0.506 e. The second-order valence-electron chi connectivity index (χ2n) is 8.48. The van der Waals surface area contributed by atoms with E-state index in [-0.39, 0.29) is 35.1 Å². The van der Waals surface area contributed by atoms with Crippen LogP contribution in [0.15, 0.2) is 47.6 Å². The lowest BCUT2D eigenvalue weighted by atomic mass is 9.94. The van der Waals surface area contributed by atoms with E-state index in [0.717, 1.165) is 11.1 Å². The second kappa shape index (κ2) is 12.1. The number of halogens is 1. The Bertz CT molecular complexity index is 968. The summed E-state index contributed by atoms with van der Waals surface area (Å²) in [5.74, 6) is -1.34. The first-order chi connectivity index (χ1) is 15.5. The van der Waals surface area contributed by atoms with Crippen LogP contribution in [0.5, 0.6) is 5.75 Å². The fourth-order valence-corrected chi connectivity index (χ4v) is 3.72. The third-order valence-electron chi connectivity index (χ3n) is 5.56. The minimum absolute atomic E-state index is 0.0134. The van der Waals surface area contributed by atoms with Crippen molar-refractivity contribution in [1.82, 2.24) is 0 Å². The minimum atomic E-state index is -1.09. The number of aliphatic hydroxyl groups is 2. The zero-order valence-corrected chi connectivity index (χ0v) is 20.1. The molecule has 2 bridgehead atoms. The Labute approximate surface area is 199 Å². The van der Waals surface area contributed by atoms with Crippen LogP contribution in [0, 0.1) is 5.92 Å². The number of amides is 1. The summed E-state index contributed by atoms with van der Waals surface area (Å²) in [5, 5.41) is 33.8. The zero-order valence-electron chi connectivity index (χ0n) is 19.3. The van der Waals surface area contributed by atoms with Gasteiger partial charge in [0.1, 0.15) is 16.9 Å². The number of fused-ring (bicyclic) bond motifs is 2. The molecule has 7 nitrogen and oxygen atoms in total. The third-order valence-corrected chi connectivity index (χ3v) is 5.95. The molecule has 0 fully saturated rings. The fourth-order valence-electron chi connectivity index (χ4n) is 3.56. The molecular formula is C25H32ClNO6. The van der Waals surface area contributed by atoms with E-state index in [4.69, 9.17) is 16.3 Å². The summed E-state index contributed by atoms with van der Waals surface area (Å²) in [4.78, 5) is 25.1. The van der Waals surface area contributed by atoms with Gasteiger partial charge in [-0.2, -0.15) is 0 Å². The van der Waals surface area contributed by atoms with Gasteiger partial charge in [-0.05, 0) is 49.6 Å². The van der Waals surface area contributed by atoms with Crippen molar-refractivity contribution in [2.75, 3.05) is 12.4 Å². The van der Waals surface area contributed by atoms with E-state index < -0.39 is 30.1 Å². The number of phenols is 1. The van der Waals surface area contributed by atoms with Crippen LogP contribution >= 0.6 is 11.6 Å². The van der Waals surface area contributed by atoms with Crippen LogP contribution in [-0.2, 0) is 20.7 Å². The molecule has 1 heterocycles. The number of Topliss-reactive ketones (excluding diaryl/α,β-unsaturated/α-hetero) is 1. The molecule has 180 valence electrons. The Morgan fingerprint density at radius 2 is 1.85 bits per heavy atom. The average molecular weight is 478 g/mol. The van der Waals surface area contributed by atoms with Gasteiger partial charge in [0.05, 0.1) is 24.3 Å². The Morgan fingerprint density at radius 3 is 2.52 bits per heavy atom. The van der Waals surface area contributed by atoms with E-state index in [2.05, 4.69) is 5.32 Å². The number of ether oxygens (including phenoxy) is 1. The molecule has 33 heavy (non-hydrogen) atoms. The van der Waals surface area contributed by atoms with Gasteiger partial charge in [0.25, 0.3) is 0 Å². The normalized spacial score (nSPS) is 30.0. The van der Waals surface area contributed by atoms with Gasteiger partial charge in [-0.25, -0.2) is 0 Å². The molecule has 1 aliphatic heterocycles. The number of phenolic OH excluding ortho intramolecular Hbond substituents is 1. The molecule has 1 aromatic rings. The summed E-state index contributed by atoms with van der Waals surface area (Å²) >= 11 is 6.17. The molecule has 1 aromatic carbocycles. The molecule has 1 aliphatic rings. The highest BCUT2D eigenvalue weighted by molar-refractivity contribution is 6.35. The Morgan fingerprint density at radius 1 is 1.15 bits per heavy atom. The Kier molecular flexibility index (Phi) is 9.86. The summed E-state index contributed by atoms with van der Waals surface area (Å²) in [6.07, 6.45) is 4.04. The van der Waals surface area contributed by atoms with Crippen LogP contribution < -0.4 is 5.32 Å². The van der Waals surface area contributed by atoms with E-state index in [1.807, 2.05) is 13.0 Å². The number of rotatable bonds is 1. The number of nitrogens with one attached hydrogen (secondary N) is 1. The van der Waals surface area contributed by atoms with Gasteiger partial charge >= 0.3 is 0 Å². The topological polar surface area (TPSA) is 116 Å². The van der Waals surface area contributed by atoms with Crippen molar-refractivity contribution in [3.8, 4) is 5.75 Å². The summed E-state index contributed by atoms with van der Waals surface area (Å²) in [5.41, 5.74) is 2.39. The molecule has 0 saturated carbocycles. The number of ketones is 1. The summed E-state index contributed by atoms with van der Waals surface area (Å²) in [6, 6.07) is 3.19. The van der Waals surface area contributed by atoms with Crippen LogP contribution in [0.1, 0.15) is 39.2 Å². The van der Waals surface area contributed by atoms with Gasteiger partial charge in [0.15, 0.2) is 5.78 Å². The summed E-state index contributed by atoms with van der Waals surface area (Å²) in [7, 11) is 1.43. The quantitative estimate of drug-likeness (QED) is 0.458. The number of aliphatic hydroxyl groups excluding tert-OH is 2. The summed E-state index contributed by atoms with van der Waals surface area (Å²) in [6.45, 7) is 5.27. The predicted octanol–water partition coefficient (Wildman–Crippen LogP) is 3.71. The molecule has 4 N–H and O–H groups in total. The molecule has 1 amide bonds. The molecular weight excluding hydrogens is 446 g/mol. The van der Waals surface area contributed by atoms with E-state index >= 15 is 0 Å². The molecule has 2 rings (SSSR count). The number of methoxy groups -OCH3 is 1. The molecule has 4 atom stereocenters. The molecule has 0 aliphatic carbocycles. The fraction of sp³-hybridized carbons (Fsp3) is 0.440. The van der Waals surface area contributed by atoms with Gasteiger partial charge in [0.2, 0.25) is 5.91 Å². The van der Waals surface area contributed by atoms with E-state index in [9.17, 15) is 24.9 Å². The highest BCUT2D eigenvalue weighted by Gasteiger charge is 2.23. The average Bonchev–Trinajstić information content (AvgIpc) is 2.73. The number of aromatic hydroxyl groups is 1. The lowest BCUT2D eigenvalue weighted by Crippen LogP contribution is -2.28. The maximum absolute atomic E-state index is 12.6.